The zero-order valence-corrected chi connectivity index (χ0v) is 10.9. The summed E-state index contributed by atoms with van der Waals surface area (Å²) in [5, 5.41) is 17.8. The topological polar surface area (TPSA) is 66.9 Å². The smallest absolute Gasteiger partial charge is 0.183 e. The summed E-state index contributed by atoms with van der Waals surface area (Å²) in [7, 11) is 0. The normalized spacial score (nSPS) is 10.5. The van der Waals surface area contributed by atoms with Gasteiger partial charge in [-0.05, 0) is 6.26 Å². The van der Waals surface area contributed by atoms with Crippen molar-refractivity contribution in [3.05, 3.63) is 42.2 Å². The highest BCUT2D eigenvalue weighted by molar-refractivity contribution is 7.98. The SMILES string of the molecule is CSc1nc(-c2ccccc2)n2cnnc2c1C#N. The molecule has 3 aromatic rings. The van der Waals surface area contributed by atoms with Crippen molar-refractivity contribution in [3.8, 4) is 17.5 Å². The standard InChI is InChI=1S/C13H9N5S/c1-19-13-10(7-14)12-17-15-8-18(12)11(16-13)9-5-3-2-4-6-9/h2-6,8H,1H3. The number of hydrogen-bond acceptors (Lipinski definition) is 5. The summed E-state index contributed by atoms with van der Waals surface area (Å²) in [6, 6.07) is 11.9. The highest BCUT2D eigenvalue weighted by Crippen LogP contribution is 2.26. The zero-order chi connectivity index (χ0) is 13.2. The van der Waals surface area contributed by atoms with Crippen molar-refractivity contribution in [1.82, 2.24) is 19.6 Å². The Balaban J connectivity index is 2.38. The van der Waals surface area contributed by atoms with E-state index in [-0.39, 0.29) is 0 Å². The summed E-state index contributed by atoms with van der Waals surface area (Å²) < 4.78 is 1.74. The average molecular weight is 267 g/mol. The molecule has 0 spiro atoms. The van der Waals surface area contributed by atoms with E-state index in [0.717, 1.165) is 11.4 Å². The lowest BCUT2D eigenvalue weighted by Gasteiger charge is -2.07. The number of nitrogens with zero attached hydrogens (tertiary/aromatic N) is 5. The van der Waals surface area contributed by atoms with E-state index in [1.807, 2.05) is 36.6 Å². The van der Waals surface area contributed by atoms with Crippen molar-refractivity contribution in [2.24, 2.45) is 0 Å². The van der Waals surface area contributed by atoms with Crippen LogP contribution in [0.2, 0.25) is 0 Å². The van der Waals surface area contributed by atoms with Crippen molar-refractivity contribution in [3.63, 3.8) is 0 Å². The van der Waals surface area contributed by atoms with Crippen molar-refractivity contribution >= 4 is 17.4 Å². The van der Waals surface area contributed by atoms with Crippen LogP contribution in [-0.2, 0) is 0 Å². The number of thioether (sulfide) groups is 1. The molecule has 5 nitrogen and oxygen atoms in total. The predicted octanol–water partition coefficient (Wildman–Crippen LogP) is 2.38. The van der Waals surface area contributed by atoms with Crippen molar-refractivity contribution in [2.75, 3.05) is 6.26 Å². The van der Waals surface area contributed by atoms with E-state index in [1.54, 1.807) is 10.7 Å². The maximum atomic E-state index is 9.24. The number of hydrogen-bond donors (Lipinski definition) is 0. The van der Waals surface area contributed by atoms with Gasteiger partial charge in [-0.1, -0.05) is 30.3 Å². The van der Waals surface area contributed by atoms with Gasteiger partial charge >= 0.3 is 0 Å². The number of benzene rings is 1. The fourth-order valence-corrected chi connectivity index (χ4v) is 2.42. The molecule has 0 fully saturated rings. The van der Waals surface area contributed by atoms with Crippen LogP contribution in [0, 0.1) is 11.3 Å². The van der Waals surface area contributed by atoms with E-state index < -0.39 is 0 Å². The molecule has 0 N–H and O–H groups in total. The van der Waals surface area contributed by atoms with E-state index in [1.165, 1.54) is 11.8 Å². The molecule has 0 saturated heterocycles. The third-order valence-electron chi connectivity index (χ3n) is 2.76. The molecular weight excluding hydrogens is 258 g/mol. The molecule has 19 heavy (non-hydrogen) atoms. The summed E-state index contributed by atoms with van der Waals surface area (Å²) in [6.45, 7) is 0. The minimum Gasteiger partial charge on any atom is -0.264 e. The summed E-state index contributed by atoms with van der Waals surface area (Å²) in [5.74, 6) is 0.740. The Bertz CT molecular complexity index is 773. The molecule has 2 heterocycles. The first-order chi connectivity index (χ1) is 9.35. The Kier molecular flexibility index (Phi) is 2.89. The van der Waals surface area contributed by atoms with Gasteiger partial charge in [0.25, 0.3) is 0 Å². The van der Waals surface area contributed by atoms with Crippen molar-refractivity contribution < 1.29 is 0 Å². The second kappa shape index (κ2) is 4.71. The van der Waals surface area contributed by atoms with Crippen molar-refractivity contribution in [1.29, 1.82) is 5.26 Å². The van der Waals surface area contributed by atoms with Gasteiger partial charge in [0.2, 0.25) is 0 Å². The molecule has 0 amide bonds. The van der Waals surface area contributed by atoms with E-state index >= 15 is 0 Å². The van der Waals surface area contributed by atoms with Crippen LogP contribution in [0.5, 0.6) is 0 Å². The first-order valence-corrected chi connectivity index (χ1v) is 6.81. The van der Waals surface area contributed by atoms with E-state index in [0.29, 0.717) is 16.2 Å². The summed E-state index contributed by atoms with van der Waals surface area (Å²) in [6.07, 6.45) is 3.47. The highest BCUT2D eigenvalue weighted by atomic mass is 32.2. The lowest BCUT2D eigenvalue weighted by atomic mass is 10.2. The molecule has 0 unspecified atom stereocenters. The lowest BCUT2D eigenvalue weighted by molar-refractivity contribution is 1.01. The van der Waals surface area contributed by atoms with E-state index in [2.05, 4.69) is 21.3 Å². The van der Waals surface area contributed by atoms with Gasteiger partial charge in [0.1, 0.15) is 28.8 Å². The Morgan fingerprint density at radius 3 is 2.74 bits per heavy atom. The third kappa shape index (κ3) is 1.84. The van der Waals surface area contributed by atoms with Crippen LogP contribution in [0.3, 0.4) is 0 Å². The van der Waals surface area contributed by atoms with Gasteiger partial charge in [0.15, 0.2) is 5.65 Å². The van der Waals surface area contributed by atoms with Crippen LogP contribution in [-0.4, -0.2) is 25.8 Å². The molecule has 0 aliphatic rings. The highest BCUT2D eigenvalue weighted by Gasteiger charge is 2.15. The van der Waals surface area contributed by atoms with Gasteiger partial charge in [0.05, 0.1) is 0 Å². The second-order valence-electron chi connectivity index (χ2n) is 3.82. The second-order valence-corrected chi connectivity index (χ2v) is 4.62. The summed E-state index contributed by atoms with van der Waals surface area (Å²) in [5.41, 5.74) is 1.97. The van der Waals surface area contributed by atoms with Crippen LogP contribution in [0.1, 0.15) is 5.56 Å². The molecule has 2 aromatic heterocycles. The summed E-state index contributed by atoms with van der Waals surface area (Å²) in [4.78, 5) is 4.56. The zero-order valence-electron chi connectivity index (χ0n) is 10.1. The Morgan fingerprint density at radius 1 is 1.26 bits per heavy atom. The minimum absolute atomic E-state index is 0.463. The molecule has 0 radical (unpaired) electrons. The van der Waals surface area contributed by atoms with Gasteiger partial charge in [-0.25, -0.2) is 4.98 Å². The Labute approximate surface area is 113 Å². The van der Waals surface area contributed by atoms with E-state index in [4.69, 9.17) is 0 Å². The monoisotopic (exact) mass is 267 g/mol. The molecule has 1 aromatic carbocycles. The van der Waals surface area contributed by atoms with Crippen molar-refractivity contribution in [2.45, 2.75) is 5.03 Å². The largest absolute Gasteiger partial charge is 0.264 e. The molecule has 0 atom stereocenters. The van der Waals surface area contributed by atoms with Gasteiger partial charge in [-0.2, -0.15) is 5.26 Å². The molecule has 0 saturated carbocycles. The van der Waals surface area contributed by atoms with Crippen LogP contribution in [0.25, 0.3) is 17.0 Å². The maximum Gasteiger partial charge on any atom is 0.183 e. The Morgan fingerprint density at radius 2 is 2.05 bits per heavy atom. The first-order valence-electron chi connectivity index (χ1n) is 5.58. The lowest BCUT2D eigenvalue weighted by Crippen LogP contribution is -2.00. The molecule has 3 rings (SSSR count). The molecule has 0 aliphatic heterocycles. The van der Waals surface area contributed by atoms with E-state index in [9.17, 15) is 5.26 Å². The summed E-state index contributed by atoms with van der Waals surface area (Å²) >= 11 is 1.43. The Hall–Kier alpha value is -2.39. The number of fused-ring (bicyclic) bond motifs is 1. The van der Waals surface area contributed by atoms with Crippen LogP contribution in [0.15, 0.2) is 41.7 Å². The van der Waals surface area contributed by atoms with Gasteiger partial charge in [0, 0.05) is 5.56 Å². The fourth-order valence-electron chi connectivity index (χ4n) is 1.90. The minimum atomic E-state index is 0.463. The molecule has 0 aliphatic carbocycles. The number of aromatic nitrogens is 4. The molecule has 6 heteroatoms. The van der Waals surface area contributed by atoms with Gasteiger partial charge in [-0.15, -0.1) is 22.0 Å². The maximum absolute atomic E-state index is 9.24. The van der Waals surface area contributed by atoms with Gasteiger partial charge in [-0.3, -0.25) is 4.40 Å². The molecule has 0 bridgehead atoms. The number of nitriles is 1. The number of rotatable bonds is 2. The quantitative estimate of drug-likeness (QED) is 0.527. The fraction of sp³-hybridized carbons (Fsp3) is 0.0769. The van der Waals surface area contributed by atoms with Gasteiger partial charge < -0.3 is 0 Å². The molecular formula is C13H9N5S. The predicted molar refractivity (Wildman–Crippen MR) is 72.7 cm³/mol. The van der Waals surface area contributed by atoms with Crippen LogP contribution >= 0.6 is 11.8 Å². The average Bonchev–Trinajstić information content (AvgIpc) is 2.95. The van der Waals surface area contributed by atoms with Crippen LogP contribution in [0.4, 0.5) is 0 Å². The molecule has 92 valence electrons. The van der Waals surface area contributed by atoms with Crippen LogP contribution < -0.4 is 0 Å². The third-order valence-corrected chi connectivity index (χ3v) is 3.44. The first kappa shape index (κ1) is 11.7.